The van der Waals surface area contributed by atoms with Crippen molar-refractivity contribution in [2.45, 2.75) is 13.0 Å². The Labute approximate surface area is 140 Å². The van der Waals surface area contributed by atoms with Crippen LogP contribution in [0, 0.1) is 0 Å². The van der Waals surface area contributed by atoms with Crippen molar-refractivity contribution >= 4 is 28.4 Å². The van der Waals surface area contributed by atoms with E-state index in [1.165, 1.54) is 22.2 Å². The highest BCUT2D eigenvalue weighted by atomic mass is 35.5. The predicted octanol–water partition coefficient (Wildman–Crippen LogP) is 4.03. The summed E-state index contributed by atoms with van der Waals surface area (Å²) in [6.45, 7) is 1.36. The maximum atomic E-state index is 12.8. The SMILES string of the molecule is Cn1c2c(c3ccccc31)CN(C(=O)c1ccccc1Cl)CC2. The number of aromatic nitrogens is 1. The molecule has 0 atom stereocenters. The zero-order chi connectivity index (χ0) is 16.0. The highest BCUT2D eigenvalue weighted by Gasteiger charge is 2.26. The minimum absolute atomic E-state index is 0.00850. The quantitative estimate of drug-likeness (QED) is 0.663. The van der Waals surface area contributed by atoms with E-state index in [0.717, 1.165) is 13.0 Å². The number of fused-ring (bicyclic) bond motifs is 3. The molecular formula is C19H17ClN2O. The van der Waals surface area contributed by atoms with E-state index in [0.29, 0.717) is 17.1 Å². The van der Waals surface area contributed by atoms with Crippen LogP contribution in [-0.4, -0.2) is 21.9 Å². The zero-order valence-electron chi connectivity index (χ0n) is 12.9. The summed E-state index contributed by atoms with van der Waals surface area (Å²) in [4.78, 5) is 14.7. The average molecular weight is 325 g/mol. The molecule has 1 aliphatic heterocycles. The zero-order valence-corrected chi connectivity index (χ0v) is 13.7. The van der Waals surface area contributed by atoms with Crippen molar-refractivity contribution in [1.82, 2.24) is 9.47 Å². The van der Waals surface area contributed by atoms with E-state index in [4.69, 9.17) is 11.6 Å². The first-order valence-corrected chi connectivity index (χ1v) is 8.13. The minimum atomic E-state index is 0.00850. The molecule has 0 saturated heterocycles. The van der Waals surface area contributed by atoms with Gasteiger partial charge in [-0.15, -0.1) is 0 Å². The van der Waals surface area contributed by atoms with Gasteiger partial charge in [0.25, 0.3) is 5.91 Å². The normalized spacial score (nSPS) is 14.1. The molecule has 0 spiro atoms. The summed E-state index contributed by atoms with van der Waals surface area (Å²) in [7, 11) is 2.10. The fraction of sp³-hybridized carbons (Fsp3) is 0.211. The molecule has 116 valence electrons. The van der Waals surface area contributed by atoms with E-state index < -0.39 is 0 Å². The number of aryl methyl sites for hydroxylation is 1. The van der Waals surface area contributed by atoms with Crippen molar-refractivity contribution in [3.8, 4) is 0 Å². The van der Waals surface area contributed by atoms with Gasteiger partial charge in [-0.05, 0) is 18.2 Å². The monoisotopic (exact) mass is 324 g/mol. The van der Waals surface area contributed by atoms with Gasteiger partial charge >= 0.3 is 0 Å². The molecule has 0 bridgehead atoms. The summed E-state index contributed by atoms with van der Waals surface area (Å²) in [5, 5.41) is 1.75. The molecule has 0 radical (unpaired) electrons. The van der Waals surface area contributed by atoms with Gasteiger partial charge in [0, 0.05) is 48.7 Å². The first kappa shape index (κ1) is 14.3. The van der Waals surface area contributed by atoms with Crippen molar-refractivity contribution in [3.05, 3.63) is 70.4 Å². The fourth-order valence-electron chi connectivity index (χ4n) is 3.51. The topological polar surface area (TPSA) is 25.2 Å². The number of hydrogen-bond donors (Lipinski definition) is 0. The largest absolute Gasteiger partial charge is 0.347 e. The Morgan fingerprint density at radius 2 is 1.83 bits per heavy atom. The third kappa shape index (κ3) is 2.23. The number of hydrogen-bond acceptors (Lipinski definition) is 1. The lowest BCUT2D eigenvalue weighted by molar-refractivity contribution is 0.0734. The maximum Gasteiger partial charge on any atom is 0.255 e. The van der Waals surface area contributed by atoms with Crippen LogP contribution in [0.3, 0.4) is 0 Å². The summed E-state index contributed by atoms with van der Waals surface area (Å²) >= 11 is 6.19. The summed E-state index contributed by atoms with van der Waals surface area (Å²) in [5.74, 6) is 0.00850. The molecule has 4 heteroatoms. The van der Waals surface area contributed by atoms with Crippen LogP contribution in [-0.2, 0) is 20.0 Å². The van der Waals surface area contributed by atoms with Crippen LogP contribution < -0.4 is 0 Å². The third-order valence-corrected chi connectivity index (χ3v) is 5.03. The van der Waals surface area contributed by atoms with E-state index >= 15 is 0 Å². The van der Waals surface area contributed by atoms with Gasteiger partial charge in [-0.25, -0.2) is 0 Å². The number of benzene rings is 2. The summed E-state index contributed by atoms with van der Waals surface area (Å²) in [6, 6.07) is 15.6. The molecule has 0 fully saturated rings. The van der Waals surface area contributed by atoms with Crippen molar-refractivity contribution in [2.75, 3.05) is 6.54 Å². The lowest BCUT2D eigenvalue weighted by Crippen LogP contribution is -2.36. The molecule has 2 heterocycles. The second-order valence-corrected chi connectivity index (χ2v) is 6.37. The molecule has 2 aromatic carbocycles. The molecule has 0 unspecified atom stereocenters. The highest BCUT2D eigenvalue weighted by molar-refractivity contribution is 6.33. The maximum absolute atomic E-state index is 12.8. The predicted molar refractivity (Wildman–Crippen MR) is 92.8 cm³/mol. The van der Waals surface area contributed by atoms with Gasteiger partial charge in [0.1, 0.15) is 0 Å². The van der Waals surface area contributed by atoms with E-state index in [1.54, 1.807) is 12.1 Å². The Balaban J connectivity index is 1.73. The Hall–Kier alpha value is -2.26. The first-order valence-electron chi connectivity index (χ1n) is 7.76. The molecule has 4 rings (SSSR count). The number of rotatable bonds is 1. The summed E-state index contributed by atoms with van der Waals surface area (Å²) in [6.07, 6.45) is 0.872. The van der Waals surface area contributed by atoms with Gasteiger partial charge in [0.2, 0.25) is 0 Å². The Morgan fingerprint density at radius 1 is 1.09 bits per heavy atom. The molecule has 0 N–H and O–H groups in total. The van der Waals surface area contributed by atoms with Crippen LogP contribution in [0.4, 0.5) is 0 Å². The number of halogens is 1. The van der Waals surface area contributed by atoms with Crippen LogP contribution in [0.1, 0.15) is 21.6 Å². The molecule has 23 heavy (non-hydrogen) atoms. The van der Waals surface area contributed by atoms with E-state index in [9.17, 15) is 4.79 Å². The third-order valence-electron chi connectivity index (χ3n) is 4.70. The number of nitrogens with zero attached hydrogens (tertiary/aromatic N) is 2. The van der Waals surface area contributed by atoms with Crippen molar-refractivity contribution in [3.63, 3.8) is 0 Å². The van der Waals surface area contributed by atoms with Crippen LogP contribution in [0.25, 0.3) is 10.9 Å². The molecule has 3 aromatic rings. The lowest BCUT2D eigenvalue weighted by atomic mass is 10.0. The molecule has 1 amide bonds. The van der Waals surface area contributed by atoms with Gasteiger partial charge < -0.3 is 9.47 Å². The second kappa shape index (κ2) is 5.43. The number of carbonyl (C=O) groups is 1. The van der Waals surface area contributed by atoms with Gasteiger partial charge in [-0.3, -0.25) is 4.79 Å². The molecule has 0 saturated carbocycles. The highest BCUT2D eigenvalue weighted by Crippen LogP contribution is 2.31. The molecule has 1 aliphatic rings. The van der Waals surface area contributed by atoms with Gasteiger partial charge in [-0.2, -0.15) is 0 Å². The summed E-state index contributed by atoms with van der Waals surface area (Å²) < 4.78 is 2.25. The van der Waals surface area contributed by atoms with Crippen LogP contribution in [0.2, 0.25) is 5.02 Å². The molecule has 3 nitrogen and oxygen atoms in total. The summed E-state index contributed by atoms with van der Waals surface area (Å²) in [5.41, 5.74) is 4.39. The van der Waals surface area contributed by atoms with Crippen molar-refractivity contribution in [1.29, 1.82) is 0 Å². The minimum Gasteiger partial charge on any atom is -0.347 e. The van der Waals surface area contributed by atoms with E-state index in [2.05, 4.69) is 35.9 Å². The Kier molecular flexibility index (Phi) is 3.38. The van der Waals surface area contributed by atoms with E-state index in [1.807, 2.05) is 17.0 Å². The molecule has 1 aromatic heterocycles. The standard InChI is InChI=1S/C19H17ClN2O/c1-21-17-9-5-3-6-13(17)15-12-22(11-10-18(15)21)19(23)14-7-2-4-8-16(14)20/h2-9H,10-12H2,1H3. The van der Waals surface area contributed by atoms with Crippen molar-refractivity contribution < 1.29 is 4.79 Å². The number of para-hydroxylation sites is 1. The van der Waals surface area contributed by atoms with Gasteiger partial charge in [0.05, 0.1) is 10.6 Å². The second-order valence-electron chi connectivity index (χ2n) is 5.96. The lowest BCUT2D eigenvalue weighted by Gasteiger charge is -2.28. The smallest absolute Gasteiger partial charge is 0.255 e. The average Bonchev–Trinajstić information content (AvgIpc) is 2.88. The Bertz CT molecular complexity index is 913. The molecular weight excluding hydrogens is 308 g/mol. The van der Waals surface area contributed by atoms with E-state index in [-0.39, 0.29) is 5.91 Å². The van der Waals surface area contributed by atoms with Crippen LogP contribution >= 0.6 is 11.6 Å². The van der Waals surface area contributed by atoms with Gasteiger partial charge in [0.15, 0.2) is 0 Å². The van der Waals surface area contributed by atoms with Crippen LogP contribution in [0.5, 0.6) is 0 Å². The molecule has 0 aliphatic carbocycles. The van der Waals surface area contributed by atoms with Crippen LogP contribution in [0.15, 0.2) is 48.5 Å². The number of amides is 1. The number of carbonyl (C=O) groups excluding carboxylic acids is 1. The van der Waals surface area contributed by atoms with Crippen molar-refractivity contribution in [2.24, 2.45) is 7.05 Å². The Morgan fingerprint density at radius 3 is 2.65 bits per heavy atom. The first-order chi connectivity index (χ1) is 11.2. The van der Waals surface area contributed by atoms with Gasteiger partial charge in [-0.1, -0.05) is 41.9 Å². The fourth-order valence-corrected chi connectivity index (χ4v) is 3.73.